The Kier molecular flexibility index (Phi) is 6.87. The summed E-state index contributed by atoms with van der Waals surface area (Å²) in [5.74, 6) is -0.553. The number of carbonyl (C=O) groups excluding carboxylic acids is 2. The van der Waals surface area contributed by atoms with Gasteiger partial charge in [-0.3, -0.25) is 4.79 Å². The number of rotatable bonds is 7. The standard InChI is InChI=1S/C13H19NO4S2/c1-4-17-10(15)7-6-8-14-9(3)11(20-13(14)19)12(16)18-5-2/h4-8H2,1-3H3. The number of nitrogens with zero attached hydrogens (tertiary/aromatic N) is 1. The Bertz CT molecular complexity index is 533. The summed E-state index contributed by atoms with van der Waals surface area (Å²) in [4.78, 5) is 23.6. The number of hydrogen-bond donors (Lipinski definition) is 0. The molecular formula is C13H19NO4S2. The van der Waals surface area contributed by atoms with E-state index in [0.29, 0.717) is 41.4 Å². The molecule has 0 bridgehead atoms. The lowest BCUT2D eigenvalue weighted by Gasteiger charge is -2.06. The molecule has 0 fully saturated rings. The molecular weight excluding hydrogens is 298 g/mol. The molecule has 1 rings (SSSR count). The first-order chi connectivity index (χ1) is 9.51. The highest BCUT2D eigenvalue weighted by Gasteiger charge is 2.17. The molecule has 1 heterocycles. The molecule has 0 saturated carbocycles. The van der Waals surface area contributed by atoms with Gasteiger partial charge in [0.05, 0.1) is 13.2 Å². The van der Waals surface area contributed by atoms with Crippen molar-refractivity contribution >= 4 is 35.5 Å². The Balaban J connectivity index is 2.70. The zero-order valence-electron chi connectivity index (χ0n) is 11.9. The van der Waals surface area contributed by atoms with Gasteiger partial charge in [-0.05, 0) is 39.4 Å². The summed E-state index contributed by atoms with van der Waals surface area (Å²) >= 11 is 6.50. The molecule has 1 aromatic heterocycles. The lowest BCUT2D eigenvalue weighted by molar-refractivity contribution is -0.143. The molecule has 0 amide bonds. The Hall–Kier alpha value is -1.21. The van der Waals surface area contributed by atoms with Gasteiger partial charge in [0.2, 0.25) is 0 Å². The summed E-state index contributed by atoms with van der Waals surface area (Å²) in [6.07, 6.45) is 0.979. The topological polar surface area (TPSA) is 57.5 Å². The van der Waals surface area contributed by atoms with Crippen LogP contribution in [0.25, 0.3) is 0 Å². The maximum absolute atomic E-state index is 11.8. The van der Waals surface area contributed by atoms with Crippen LogP contribution in [0.3, 0.4) is 0 Å². The monoisotopic (exact) mass is 317 g/mol. The van der Waals surface area contributed by atoms with Crippen LogP contribution in [-0.4, -0.2) is 29.7 Å². The van der Waals surface area contributed by atoms with Crippen molar-refractivity contribution in [3.8, 4) is 0 Å². The minimum absolute atomic E-state index is 0.211. The molecule has 0 saturated heterocycles. The molecule has 0 unspecified atom stereocenters. The van der Waals surface area contributed by atoms with Crippen LogP contribution in [-0.2, 0) is 20.8 Å². The van der Waals surface area contributed by atoms with Gasteiger partial charge >= 0.3 is 11.9 Å². The predicted octanol–water partition coefficient (Wildman–Crippen LogP) is 3.11. The molecule has 5 nitrogen and oxygen atoms in total. The maximum atomic E-state index is 11.8. The molecule has 0 aliphatic rings. The first-order valence-corrected chi connectivity index (χ1v) is 7.76. The maximum Gasteiger partial charge on any atom is 0.350 e. The van der Waals surface area contributed by atoms with Crippen LogP contribution in [0, 0.1) is 10.9 Å². The van der Waals surface area contributed by atoms with Gasteiger partial charge in [-0.15, -0.1) is 0 Å². The molecule has 0 spiro atoms. The van der Waals surface area contributed by atoms with Crippen LogP contribution in [0.1, 0.15) is 42.1 Å². The highest BCUT2D eigenvalue weighted by molar-refractivity contribution is 7.73. The van der Waals surface area contributed by atoms with E-state index in [-0.39, 0.29) is 11.9 Å². The van der Waals surface area contributed by atoms with Crippen LogP contribution in [0.15, 0.2) is 0 Å². The van der Waals surface area contributed by atoms with Gasteiger partial charge in [0.1, 0.15) is 4.88 Å². The van der Waals surface area contributed by atoms with Gasteiger partial charge in [0, 0.05) is 18.7 Å². The minimum atomic E-state index is -0.342. The molecule has 20 heavy (non-hydrogen) atoms. The van der Waals surface area contributed by atoms with E-state index in [2.05, 4.69) is 0 Å². The van der Waals surface area contributed by atoms with Gasteiger partial charge in [-0.2, -0.15) is 0 Å². The van der Waals surface area contributed by atoms with Crippen molar-refractivity contribution in [1.82, 2.24) is 4.57 Å². The molecule has 112 valence electrons. The van der Waals surface area contributed by atoms with Crippen molar-refractivity contribution in [2.45, 2.75) is 40.2 Å². The first kappa shape index (κ1) is 16.8. The number of ether oxygens (including phenoxy) is 2. The summed E-state index contributed by atoms with van der Waals surface area (Å²) in [6.45, 7) is 6.71. The SMILES string of the molecule is CCOC(=O)CCCn1c(C)c(C(=O)OCC)sc1=S. The molecule has 0 aliphatic carbocycles. The zero-order valence-corrected chi connectivity index (χ0v) is 13.6. The molecule has 0 aliphatic heterocycles. The van der Waals surface area contributed by atoms with Crippen LogP contribution < -0.4 is 0 Å². The fraction of sp³-hybridized carbons (Fsp3) is 0.615. The summed E-state index contributed by atoms with van der Waals surface area (Å²) < 4.78 is 12.3. The van der Waals surface area contributed by atoms with Crippen molar-refractivity contribution < 1.29 is 19.1 Å². The normalized spacial score (nSPS) is 10.3. The molecule has 0 aromatic carbocycles. The summed E-state index contributed by atoms with van der Waals surface area (Å²) in [6, 6.07) is 0. The second kappa shape index (κ2) is 8.16. The predicted molar refractivity (Wildman–Crippen MR) is 79.7 cm³/mol. The number of carbonyl (C=O) groups is 2. The van der Waals surface area contributed by atoms with E-state index in [0.717, 1.165) is 5.69 Å². The Morgan fingerprint density at radius 2 is 1.90 bits per heavy atom. The van der Waals surface area contributed by atoms with Crippen molar-refractivity contribution in [3.05, 3.63) is 14.5 Å². The Morgan fingerprint density at radius 1 is 1.25 bits per heavy atom. The van der Waals surface area contributed by atoms with Crippen LogP contribution in [0.5, 0.6) is 0 Å². The average Bonchev–Trinajstić information content (AvgIpc) is 2.67. The average molecular weight is 317 g/mol. The lowest BCUT2D eigenvalue weighted by Crippen LogP contribution is -2.09. The molecule has 0 radical (unpaired) electrons. The fourth-order valence-electron chi connectivity index (χ4n) is 1.74. The highest BCUT2D eigenvalue weighted by atomic mass is 32.1. The van der Waals surface area contributed by atoms with Gasteiger partial charge in [0.15, 0.2) is 3.95 Å². The van der Waals surface area contributed by atoms with E-state index >= 15 is 0 Å². The molecule has 1 aromatic rings. The third kappa shape index (κ3) is 4.42. The Morgan fingerprint density at radius 3 is 2.50 bits per heavy atom. The molecule has 0 atom stereocenters. The minimum Gasteiger partial charge on any atom is -0.466 e. The second-order valence-electron chi connectivity index (χ2n) is 4.06. The van der Waals surface area contributed by atoms with Crippen LogP contribution >= 0.6 is 23.6 Å². The number of aromatic nitrogens is 1. The Labute approximate surface area is 127 Å². The zero-order chi connectivity index (χ0) is 15.1. The third-order valence-electron chi connectivity index (χ3n) is 2.67. The summed E-state index contributed by atoms with van der Waals surface area (Å²) in [5, 5.41) is 0. The fourth-order valence-corrected chi connectivity index (χ4v) is 3.13. The van der Waals surface area contributed by atoms with Gasteiger partial charge in [-0.25, -0.2) is 4.79 Å². The number of hydrogen-bond acceptors (Lipinski definition) is 6. The quantitative estimate of drug-likeness (QED) is 0.571. The second-order valence-corrected chi connectivity index (χ2v) is 5.71. The van der Waals surface area contributed by atoms with E-state index in [1.54, 1.807) is 13.8 Å². The van der Waals surface area contributed by atoms with Crippen molar-refractivity contribution in [3.63, 3.8) is 0 Å². The molecule has 7 heteroatoms. The van der Waals surface area contributed by atoms with Crippen molar-refractivity contribution in [2.24, 2.45) is 0 Å². The number of esters is 2. The van der Waals surface area contributed by atoms with Crippen molar-refractivity contribution in [2.75, 3.05) is 13.2 Å². The lowest BCUT2D eigenvalue weighted by atomic mass is 10.3. The summed E-state index contributed by atoms with van der Waals surface area (Å²) in [7, 11) is 0. The number of thiazole rings is 1. The van der Waals surface area contributed by atoms with Gasteiger partial charge in [-0.1, -0.05) is 11.3 Å². The van der Waals surface area contributed by atoms with Crippen LogP contribution in [0.4, 0.5) is 0 Å². The van der Waals surface area contributed by atoms with E-state index in [9.17, 15) is 9.59 Å². The summed E-state index contributed by atoms with van der Waals surface area (Å²) in [5.41, 5.74) is 0.794. The van der Waals surface area contributed by atoms with Gasteiger partial charge in [0.25, 0.3) is 0 Å². The van der Waals surface area contributed by atoms with Gasteiger partial charge < -0.3 is 14.0 Å². The van der Waals surface area contributed by atoms with Crippen LogP contribution in [0.2, 0.25) is 0 Å². The smallest absolute Gasteiger partial charge is 0.350 e. The van der Waals surface area contributed by atoms with Crippen molar-refractivity contribution in [1.29, 1.82) is 0 Å². The van der Waals surface area contributed by atoms with E-state index in [1.807, 2.05) is 11.5 Å². The van der Waals surface area contributed by atoms with E-state index in [1.165, 1.54) is 11.3 Å². The highest BCUT2D eigenvalue weighted by Crippen LogP contribution is 2.20. The largest absolute Gasteiger partial charge is 0.466 e. The van der Waals surface area contributed by atoms with E-state index in [4.69, 9.17) is 21.7 Å². The third-order valence-corrected chi connectivity index (χ3v) is 4.20. The molecule has 0 N–H and O–H groups in total. The van der Waals surface area contributed by atoms with E-state index < -0.39 is 0 Å². The first-order valence-electron chi connectivity index (χ1n) is 6.54.